The van der Waals surface area contributed by atoms with E-state index in [-0.39, 0.29) is 11.2 Å². The Bertz CT molecular complexity index is 327. The lowest BCUT2D eigenvalue weighted by molar-refractivity contribution is 0.416. The van der Waals surface area contributed by atoms with E-state index in [9.17, 15) is 8.42 Å². The molecule has 1 aliphatic carbocycles. The third-order valence-electron chi connectivity index (χ3n) is 2.95. The molecule has 1 aliphatic rings. The fourth-order valence-electron chi connectivity index (χ4n) is 1.99. The molecular weight excluding hydrogens is 198 g/mol. The summed E-state index contributed by atoms with van der Waals surface area (Å²) in [5.74, 6) is -0.281. The van der Waals surface area contributed by atoms with Gasteiger partial charge in [-0.15, -0.1) is 0 Å². The molecule has 4 heteroatoms. The summed E-state index contributed by atoms with van der Waals surface area (Å²) in [6, 6.07) is 2.14. The Morgan fingerprint density at radius 2 is 1.86 bits per heavy atom. The second kappa shape index (κ2) is 4.31. The van der Waals surface area contributed by atoms with E-state index in [0.29, 0.717) is 6.42 Å². The van der Waals surface area contributed by atoms with Gasteiger partial charge < -0.3 is 0 Å². The number of hydrogen-bond donors (Lipinski definition) is 0. The Balaban J connectivity index is 2.90. The minimum atomic E-state index is -3.08. The highest BCUT2D eigenvalue weighted by atomic mass is 32.2. The molecule has 0 spiro atoms. The number of sulfone groups is 1. The second-order valence-electron chi connectivity index (χ2n) is 4.20. The van der Waals surface area contributed by atoms with Crippen LogP contribution in [0.5, 0.6) is 0 Å². The van der Waals surface area contributed by atoms with Gasteiger partial charge >= 0.3 is 0 Å². The zero-order valence-electron chi connectivity index (χ0n) is 8.73. The lowest BCUT2D eigenvalue weighted by Gasteiger charge is -2.27. The van der Waals surface area contributed by atoms with E-state index in [4.69, 9.17) is 5.26 Å². The molecule has 0 aromatic heterocycles. The van der Waals surface area contributed by atoms with E-state index >= 15 is 0 Å². The molecule has 3 nitrogen and oxygen atoms in total. The first-order valence-electron chi connectivity index (χ1n) is 5.12. The van der Waals surface area contributed by atoms with E-state index in [1.165, 1.54) is 0 Å². The fourth-order valence-corrected chi connectivity index (χ4v) is 3.84. The van der Waals surface area contributed by atoms with Crippen molar-refractivity contribution in [3.05, 3.63) is 0 Å². The van der Waals surface area contributed by atoms with Crippen LogP contribution in [0, 0.1) is 17.2 Å². The predicted molar refractivity (Wildman–Crippen MR) is 55.4 cm³/mol. The largest absolute Gasteiger partial charge is 0.228 e. The van der Waals surface area contributed by atoms with E-state index in [0.717, 1.165) is 19.3 Å². The van der Waals surface area contributed by atoms with E-state index in [2.05, 4.69) is 6.07 Å². The van der Waals surface area contributed by atoms with E-state index < -0.39 is 15.1 Å². The van der Waals surface area contributed by atoms with E-state index in [1.807, 2.05) is 0 Å². The molecule has 2 unspecified atom stereocenters. The van der Waals surface area contributed by atoms with Gasteiger partial charge in [-0.1, -0.05) is 12.8 Å². The molecule has 0 bridgehead atoms. The summed E-state index contributed by atoms with van der Waals surface area (Å²) in [5.41, 5.74) is 0. The smallest absolute Gasteiger partial charge is 0.156 e. The molecule has 0 aromatic rings. The number of nitrogens with zero attached hydrogens (tertiary/aromatic N) is 1. The van der Waals surface area contributed by atoms with Crippen LogP contribution in [0.25, 0.3) is 0 Å². The van der Waals surface area contributed by atoms with Crippen LogP contribution in [0.1, 0.15) is 39.5 Å². The molecule has 0 heterocycles. The maximum absolute atomic E-state index is 11.9. The van der Waals surface area contributed by atoms with Crippen LogP contribution in [0.2, 0.25) is 0 Å². The predicted octanol–water partition coefficient (Wildman–Crippen LogP) is 1.89. The molecule has 0 N–H and O–H groups in total. The Hall–Kier alpha value is -0.560. The van der Waals surface area contributed by atoms with Crippen LogP contribution in [0.3, 0.4) is 0 Å². The molecule has 14 heavy (non-hydrogen) atoms. The van der Waals surface area contributed by atoms with Gasteiger partial charge in [0.25, 0.3) is 0 Å². The maximum atomic E-state index is 11.9. The van der Waals surface area contributed by atoms with Gasteiger partial charge in [0, 0.05) is 0 Å². The van der Waals surface area contributed by atoms with Crippen LogP contribution in [0.15, 0.2) is 0 Å². The van der Waals surface area contributed by atoms with Crippen LogP contribution in [0.4, 0.5) is 0 Å². The van der Waals surface area contributed by atoms with Crippen molar-refractivity contribution in [2.24, 2.45) is 5.92 Å². The lowest BCUT2D eigenvalue weighted by atomic mass is 9.90. The summed E-state index contributed by atoms with van der Waals surface area (Å²) in [5, 5.41) is 8.12. The first-order chi connectivity index (χ1) is 6.50. The second-order valence-corrected chi connectivity index (χ2v) is 6.92. The molecule has 0 aromatic carbocycles. The molecule has 1 rings (SSSR count). The average Bonchev–Trinajstić information content (AvgIpc) is 2.17. The van der Waals surface area contributed by atoms with Crippen LogP contribution in [-0.2, 0) is 9.84 Å². The molecule has 2 atom stereocenters. The van der Waals surface area contributed by atoms with Crippen molar-refractivity contribution in [2.45, 2.75) is 50.0 Å². The first-order valence-corrected chi connectivity index (χ1v) is 6.73. The molecule has 0 saturated heterocycles. The summed E-state index contributed by atoms with van der Waals surface area (Å²) >= 11 is 0. The van der Waals surface area contributed by atoms with Gasteiger partial charge in [0.2, 0.25) is 0 Å². The number of hydrogen-bond acceptors (Lipinski definition) is 3. The first kappa shape index (κ1) is 11.5. The molecule has 1 saturated carbocycles. The average molecular weight is 215 g/mol. The monoisotopic (exact) mass is 215 g/mol. The van der Waals surface area contributed by atoms with Gasteiger partial charge in [-0.2, -0.15) is 5.26 Å². The lowest BCUT2D eigenvalue weighted by Crippen LogP contribution is -2.36. The molecule has 0 aliphatic heterocycles. The SMILES string of the molecule is CC(C)S(=O)(=O)C1CCCCC1C#N. The highest BCUT2D eigenvalue weighted by Gasteiger charge is 2.37. The van der Waals surface area contributed by atoms with Crippen molar-refractivity contribution < 1.29 is 8.42 Å². The quantitative estimate of drug-likeness (QED) is 0.706. The van der Waals surface area contributed by atoms with E-state index in [1.54, 1.807) is 13.8 Å². The van der Waals surface area contributed by atoms with Crippen molar-refractivity contribution in [2.75, 3.05) is 0 Å². The summed E-state index contributed by atoms with van der Waals surface area (Å²) in [6.07, 6.45) is 3.34. The van der Waals surface area contributed by atoms with Gasteiger partial charge in [0.15, 0.2) is 9.84 Å². The highest BCUT2D eigenvalue weighted by Crippen LogP contribution is 2.31. The molecule has 80 valence electrons. The summed E-state index contributed by atoms with van der Waals surface area (Å²) in [4.78, 5) is 0. The number of rotatable bonds is 2. The molecule has 1 fully saturated rings. The van der Waals surface area contributed by atoms with Gasteiger partial charge in [0.1, 0.15) is 0 Å². The van der Waals surface area contributed by atoms with Crippen LogP contribution < -0.4 is 0 Å². The standard InChI is InChI=1S/C10H17NO2S/c1-8(2)14(12,13)10-6-4-3-5-9(10)7-11/h8-10H,3-6H2,1-2H3. The minimum absolute atomic E-state index is 0.281. The summed E-state index contributed by atoms with van der Waals surface area (Å²) in [6.45, 7) is 3.39. The zero-order valence-corrected chi connectivity index (χ0v) is 9.55. The molecular formula is C10H17NO2S. The van der Waals surface area contributed by atoms with Gasteiger partial charge in [0.05, 0.1) is 22.5 Å². The number of nitriles is 1. The third kappa shape index (κ3) is 2.09. The Morgan fingerprint density at radius 3 is 2.36 bits per heavy atom. The Morgan fingerprint density at radius 1 is 1.29 bits per heavy atom. The topological polar surface area (TPSA) is 57.9 Å². The van der Waals surface area contributed by atoms with Crippen molar-refractivity contribution in [1.29, 1.82) is 5.26 Å². The maximum Gasteiger partial charge on any atom is 0.156 e. The Labute approximate surface area is 86.0 Å². The fraction of sp³-hybridized carbons (Fsp3) is 0.900. The highest BCUT2D eigenvalue weighted by molar-refractivity contribution is 7.92. The summed E-state index contributed by atoms with van der Waals surface area (Å²) in [7, 11) is -3.08. The van der Waals surface area contributed by atoms with Crippen molar-refractivity contribution in [3.63, 3.8) is 0 Å². The van der Waals surface area contributed by atoms with Crippen molar-refractivity contribution in [1.82, 2.24) is 0 Å². The van der Waals surface area contributed by atoms with Crippen LogP contribution in [-0.4, -0.2) is 18.9 Å². The zero-order chi connectivity index (χ0) is 10.8. The van der Waals surface area contributed by atoms with Gasteiger partial charge in [-0.05, 0) is 26.7 Å². The normalized spacial score (nSPS) is 28.7. The molecule has 0 radical (unpaired) electrons. The van der Waals surface area contributed by atoms with Gasteiger partial charge in [-0.25, -0.2) is 8.42 Å². The Kier molecular flexibility index (Phi) is 3.54. The van der Waals surface area contributed by atoms with Crippen molar-refractivity contribution >= 4 is 9.84 Å². The van der Waals surface area contributed by atoms with Crippen LogP contribution >= 0.6 is 0 Å². The minimum Gasteiger partial charge on any atom is -0.228 e. The van der Waals surface area contributed by atoms with Gasteiger partial charge in [-0.3, -0.25) is 0 Å². The summed E-state index contributed by atoms with van der Waals surface area (Å²) < 4.78 is 23.8. The molecule has 0 amide bonds. The van der Waals surface area contributed by atoms with Crippen molar-refractivity contribution in [3.8, 4) is 6.07 Å². The third-order valence-corrected chi connectivity index (χ3v) is 5.67.